The molecule has 1 aromatic carbocycles. The highest BCUT2D eigenvalue weighted by molar-refractivity contribution is 7.88. The molecule has 4 heterocycles. The van der Waals surface area contributed by atoms with Gasteiger partial charge in [-0.15, -0.1) is 5.10 Å². The molecule has 4 aromatic rings. The zero-order chi connectivity index (χ0) is 22.3. The van der Waals surface area contributed by atoms with E-state index in [1.54, 1.807) is 16.9 Å². The number of anilines is 3. The van der Waals surface area contributed by atoms with Crippen LogP contribution in [0.25, 0.3) is 16.8 Å². The third kappa shape index (κ3) is 3.69. The van der Waals surface area contributed by atoms with E-state index in [1.165, 1.54) is 10.6 Å². The van der Waals surface area contributed by atoms with Gasteiger partial charge in [0.2, 0.25) is 10.0 Å². The Hall–Kier alpha value is -3.44. The summed E-state index contributed by atoms with van der Waals surface area (Å²) in [5.41, 5.74) is 10.2. The summed E-state index contributed by atoms with van der Waals surface area (Å²) in [5.74, 6) is 0.532. The van der Waals surface area contributed by atoms with E-state index < -0.39 is 10.0 Å². The maximum atomic E-state index is 12.0. The molecule has 32 heavy (non-hydrogen) atoms. The first-order valence-corrected chi connectivity index (χ1v) is 12.2. The van der Waals surface area contributed by atoms with Gasteiger partial charge in [0.25, 0.3) is 5.95 Å². The second-order valence-electron chi connectivity index (χ2n) is 7.91. The minimum atomic E-state index is -3.20. The number of rotatable bonds is 5. The molecule has 10 nitrogen and oxygen atoms in total. The lowest BCUT2D eigenvalue weighted by molar-refractivity contribution is 0.319. The molecule has 5 rings (SSSR count). The van der Waals surface area contributed by atoms with E-state index in [9.17, 15) is 8.42 Å². The number of hydrogen-bond acceptors (Lipinski definition) is 7. The number of nitrogens with one attached hydrogen (secondary N) is 1. The standard InChI is InChI=1S/C21H24N8O2S/c1-32(30,31)27-10-7-17(8-11-27)29(16-5-3-2-4-6-16)21-25-20-19(22)18(9-12-28(20)26-21)15-13-23-24-14-15/h2-6,9,12-14,17H,7-8,10-11,22H2,1H3,(H,23,24). The fourth-order valence-electron chi connectivity index (χ4n) is 4.22. The average Bonchev–Trinajstić information content (AvgIpc) is 3.45. The molecule has 0 unspecified atom stereocenters. The Morgan fingerprint density at radius 3 is 2.56 bits per heavy atom. The third-order valence-corrected chi connectivity index (χ3v) is 7.15. The topological polar surface area (TPSA) is 126 Å². The number of para-hydroxylation sites is 1. The summed E-state index contributed by atoms with van der Waals surface area (Å²) in [5, 5.41) is 11.5. The van der Waals surface area contributed by atoms with Crippen molar-refractivity contribution in [3.8, 4) is 11.1 Å². The monoisotopic (exact) mass is 452 g/mol. The van der Waals surface area contributed by atoms with Crippen LogP contribution in [0.3, 0.4) is 0 Å². The van der Waals surface area contributed by atoms with Crippen molar-refractivity contribution in [2.24, 2.45) is 0 Å². The number of pyridine rings is 1. The van der Waals surface area contributed by atoms with Crippen LogP contribution in [0.2, 0.25) is 0 Å². The summed E-state index contributed by atoms with van der Waals surface area (Å²) in [6.45, 7) is 0.931. The van der Waals surface area contributed by atoms with Crippen LogP contribution in [-0.2, 0) is 10.0 Å². The molecule has 0 bridgehead atoms. The number of nitrogens with zero attached hydrogens (tertiary/aromatic N) is 6. The molecule has 3 aromatic heterocycles. The highest BCUT2D eigenvalue weighted by Crippen LogP contribution is 2.33. The Bertz CT molecular complexity index is 1330. The van der Waals surface area contributed by atoms with Crippen molar-refractivity contribution in [3.05, 3.63) is 55.0 Å². The van der Waals surface area contributed by atoms with Gasteiger partial charge in [0.05, 0.1) is 18.1 Å². The molecule has 0 saturated carbocycles. The van der Waals surface area contributed by atoms with Crippen molar-refractivity contribution in [1.82, 2.24) is 29.1 Å². The summed E-state index contributed by atoms with van der Waals surface area (Å²) in [6, 6.07) is 11.9. The third-order valence-electron chi connectivity index (χ3n) is 5.85. The Morgan fingerprint density at radius 2 is 1.91 bits per heavy atom. The van der Waals surface area contributed by atoms with Crippen LogP contribution in [0, 0.1) is 0 Å². The Morgan fingerprint density at radius 1 is 1.16 bits per heavy atom. The van der Waals surface area contributed by atoms with Gasteiger partial charge in [-0.1, -0.05) is 18.2 Å². The molecule has 1 fully saturated rings. The number of benzene rings is 1. The van der Waals surface area contributed by atoms with Crippen molar-refractivity contribution in [3.63, 3.8) is 0 Å². The molecule has 1 aliphatic rings. The van der Waals surface area contributed by atoms with Crippen LogP contribution in [0.5, 0.6) is 0 Å². The highest BCUT2D eigenvalue weighted by Gasteiger charge is 2.31. The van der Waals surface area contributed by atoms with Crippen LogP contribution in [0.15, 0.2) is 55.0 Å². The van der Waals surface area contributed by atoms with Gasteiger partial charge < -0.3 is 10.6 Å². The van der Waals surface area contributed by atoms with Crippen LogP contribution < -0.4 is 10.6 Å². The molecular weight excluding hydrogens is 428 g/mol. The first kappa shape index (κ1) is 20.5. The number of aromatic amines is 1. The number of nitrogen functional groups attached to an aromatic ring is 1. The number of fused-ring (bicyclic) bond motifs is 1. The first-order chi connectivity index (χ1) is 15.4. The lowest BCUT2D eigenvalue weighted by Gasteiger charge is -2.37. The van der Waals surface area contributed by atoms with Crippen molar-refractivity contribution < 1.29 is 8.42 Å². The molecule has 0 radical (unpaired) electrons. The Labute approximate surface area is 185 Å². The SMILES string of the molecule is CS(=O)(=O)N1CCC(N(c2ccccc2)c2nc3c(N)c(-c4cn[nH]c4)ccn3n2)CC1. The van der Waals surface area contributed by atoms with E-state index in [2.05, 4.69) is 15.1 Å². The summed E-state index contributed by atoms with van der Waals surface area (Å²) in [7, 11) is -3.20. The van der Waals surface area contributed by atoms with E-state index in [0.717, 1.165) is 16.8 Å². The fourth-order valence-corrected chi connectivity index (χ4v) is 5.09. The smallest absolute Gasteiger partial charge is 0.250 e. The largest absolute Gasteiger partial charge is 0.395 e. The number of aromatic nitrogens is 5. The molecule has 0 spiro atoms. The van der Waals surface area contributed by atoms with Gasteiger partial charge in [0.1, 0.15) is 0 Å². The molecule has 0 atom stereocenters. The molecular formula is C21H24N8O2S. The summed E-state index contributed by atoms with van der Waals surface area (Å²) >= 11 is 0. The van der Waals surface area contributed by atoms with E-state index in [4.69, 9.17) is 15.8 Å². The van der Waals surface area contributed by atoms with Gasteiger partial charge in [-0.2, -0.15) is 10.1 Å². The first-order valence-electron chi connectivity index (χ1n) is 10.4. The molecule has 11 heteroatoms. The minimum Gasteiger partial charge on any atom is -0.395 e. The maximum Gasteiger partial charge on any atom is 0.250 e. The van der Waals surface area contributed by atoms with Crippen LogP contribution in [-0.4, -0.2) is 62.9 Å². The second-order valence-corrected chi connectivity index (χ2v) is 9.89. The molecule has 0 amide bonds. The Balaban J connectivity index is 1.54. The van der Waals surface area contributed by atoms with Crippen LogP contribution >= 0.6 is 0 Å². The van der Waals surface area contributed by atoms with Gasteiger partial charge in [-0.3, -0.25) is 5.10 Å². The van der Waals surface area contributed by atoms with Gasteiger partial charge >= 0.3 is 0 Å². The zero-order valence-corrected chi connectivity index (χ0v) is 18.4. The molecule has 0 aliphatic carbocycles. The Kier molecular flexibility index (Phi) is 5.06. The van der Waals surface area contributed by atoms with Crippen molar-refractivity contribution in [2.45, 2.75) is 18.9 Å². The van der Waals surface area contributed by atoms with Crippen molar-refractivity contribution in [1.29, 1.82) is 0 Å². The van der Waals surface area contributed by atoms with Crippen molar-refractivity contribution in [2.75, 3.05) is 30.0 Å². The summed E-state index contributed by atoms with van der Waals surface area (Å²) < 4.78 is 27.1. The zero-order valence-electron chi connectivity index (χ0n) is 17.6. The average molecular weight is 453 g/mol. The van der Waals surface area contributed by atoms with Crippen LogP contribution in [0.4, 0.5) is 17.3 Å². The molecule has 1 saturated heterocycles. The quantitative estimate of drug-likeness (QED) is 0.476. The predicted molar refractivity (Wildman–Crippen MR) is 123 cm³/mol. The lowest BCUT2D eigenvalue weighted by Crippen LogP contribution is -2.45. The summed E-state index contributed by atoms with van der Waals surface area (Å²) in [6.07, 6.45) is 7.93. The normalized spacial score (nSPS) is 15.9. The van der Waals surface area contributed by atoms with E-state index in [-0.39, 0.29) is 6.04 Å². The number of piperidine rings is 1. The maximum absolute atomic E-state index is 12.0. The van der Waals surface area contributed by atoms with Gasteiger partial charge in [0, 0.05) is 48.3 Å². The second kappa shape index (κ2) is 7.92. The van der Waals surface area contributed by atoms with E-state index in [0.29, 0.717) is 43.2 Å². The molecule has 166 valence electrons. The molecule has 1 aliphatic heterocycles. The molecule has 3 N–H and O–H groups in total. The lowest BCUT2D eigenvalue weighted by atomic mass is 10.0. The number of H-pyrrole nitrogens is 1. The highest BCUT2D eigenvalue weighted by atomic mass is 32.2. The van der Waals surface area contributed by atoms with Gasteiger partial charge in [-0.05, 0) is 31.0 Å². The number of nitrogens with two attached hydrogens (primary N) is 1. The fraction of sp³-hybridized carbons (Fsp3) is 0.286. The van der Waals surface area contributed by atoms with Crippen molar-refractivity contribution >= 4 is 33.0 Å². The van der Waals surface area contributed by atoms with E-state index >= 15 is 0 Å². The van der Waals surface area contributed by atoms with Crippen LogP contribution in [0.1, 0.15) is 12.8 Å². The van der Waals surface area contributed by atoms with Gasteiger partial charge in [-0.25, -0.2) is 17.2 Å². The van der Waals surface area contributed by atoms with E-state index in [1.807, 2.05) is 42.6 Å². The van der Waals surface area contributed by atoms with Gasteiger partial charge in [0.15, 0.2) is 5.65 Å². The predicted octanol–water partition coefficient (Wildman–Crippen LogP) is 2.26. The summed E-state index contributed by atoms with van der Waals surface area (Å²) in [4.78, 5) is 6.88. The number of hydrogen-bond donors (Lipinski definition) is 2. The minimum absolute atomic E-state index is 0.0578. The number of sulfonamides is 1.